The Balaban J connectivity index is 1.64. The summed E-state index contributed by atoms with van der Waals surface area (Å²) in [4.78, 5) is 12.8. The first-order valence-corrected chi connectivity index (χ1v) is 11.3. The molecular formula is C26H34N4O3. The maximum Gasteiger partial charge on any atom is 0.323 e. The number of benzene rings is 2. The molecule has 2 amide bonds. The van der Waals surface area contributed by atoms with Gasteiger partial charge in [0.2, 0.25) is 0 Å². The van der Waals surface area contributed by atoms with E-state index in [1.165, 1.54) is 0 Å². The molecule has 176 valence electrons. The standard InChI is InChI=1S/C26H34N4O3/c1-17(2)21-8-7-9-22(18(3)4)25(21)29-26(31)28-20-15-27-30(16-20)13-12-19-10-11-23(32-5)24(14-19)33-6/h7-11,14-18H,12-13H2,1-6H3,(H2,28,29,31). The summed E-state index contributed by atoms with van der Waals surface area (Å²) in [6, 6.07) is 11.8. The Kier molecular flexibility index (Phi) is 7.98. The van der Waals surface area contributed by atoms with E-state index in [0.717, 1.165) is 28.8 Å². The van der Waals surface area contributed by atoms with Crippen LogP contribution in [0.3, 0.4) is 0 Å². The zero-order chi connectivity index (χ0) is 24.0. The number of hydrogen-bond donors (Lipinski definition) is 2. The number of carbonyl (C=O) groups is 1. The van der Waals surface area contributed by atoms with E-state index in [2.05, 4.69) is 61.6 Å². The second kappa shape index (κ2) is 10.9. The molecule has 0 fully saturated rings. The minimum Gasteiger partial charge on any atom is -0.493 e. The summed E-state index contributed by atoms with van der Waals surface area (Å²) in [5, 5.41) is 10.4. The summed E-state index contributed by atoms with van der Waals surface area (Å²) < 4.78 is 12.5. The number of hydrogen-bond acceptors (Lipinski definition) is 4. The smallest absolute Gasteiger partial charge is 0.323 e. The molecule has 2 aromatic carbocycles. The molecule has 0 atom stereocenters. The van der Waals surface area contributed by atoms with E-state index in [9.17, 15) is 4.79 Å². The average molecular weight is 451 g/mol. The molecule has 3 rings (SSSR count). The van der Waals surface area contributed by atoms with Crippen molar-refractivity contribution in [2.45, 2.75) is 52.5 Å². The Morgan fingerprint density at radius 2 is 1.64 bits per heavy atom. The number of aromatic nitrogens is 2. The van der Waals surface area contributed by atoms with Gasteiger partial charge in [-0.2, -0.15) is 5.10 Å². The first kappa shape index (κ1) is 24.2. The molecule has 1 heterocycles. The van der Waals surface area contributed by atoms with Crippen molar-refractivity contribution in [3.8, 4) is 11.5 Å². The van der Waals surface area contributed by atoms with Gasteiger partial charge in [0.05, 0.1) is 26.1 Å². The van der Waals surface area contributed by atoms with Crippen LogP contribution in [0.15, 0.2) is 48.8 Å². The van der Waals surface area contributed by atoms with E-state index >= 15 is 0 Å². The summed E-state index contributed by atoms with van der Waals surface area (Å²) in [7, 11) is 3.25. The van der Waals surface area contributed by atoms with Crippen LogP contribution in [0.1, 0.15) is 56.2 Å². The molecule has 0 bridgehead atoms. The maximum atomic E-state index is 12.8. The van der Waals surface area contributed by atoms with Gasteiger partial charge in [-0.25, -0.2) is 4.79 Å². The number of ether oxygens (including phenoxy) is 2. The van der Waals surface area contributed by atoms with Gasteiger partial charge in [-0.05, 0) is 47.1 Å². The molecule has 0 aliphatic carbocycles. The SMILES string of the molecule is COc1ccc(CCn2cc(NC(=O)Nc3c(C(C)C)cccc3C(C)C)cn2)cc1OC. The van der Waals surface area contributed by atoms with Crippen LogP contribution in [0, 0.1) is 0 Å². The third-order valence-corrected chi connectivity index (χ3v) is 5.58. The molecule has 0 saturated carbocycles. The molecule has 1 aromatic heterocycles. The van der Waals surface area contributed by atoms with Crippen molar-refractivity contribution in [2.24, 2.45) is 0 Å². The first-order chi connectivity index (χ1) is 15.8. The molecule has 2 N–H and O–H groups in total. The Morgan fingerprint density at radius 1 is 0.970 bits per heavy atom. The third-order valence-electron chi connectivity index (χ3n) is 5.58. The molecule has 0 unspecified atom stereocenters. The van der Waals surface area contributed by atoms with E-state index in [4.69, 9.17) is 9.47 Å². The van der Waals surface area contributed by atoms with Gasteiger partial charge in [0.1, 0.15) is 0 Å². The normalized spacial score (nSPS) is 11.0. The van der Waals surface area contributed by atoms with Crippen LogP contribution in [0.25, 0.3) is 0 Å². The summed E-state index contributed by atoms with van der Waals surface area (Å²) in [5.74, 6) is 2.02. The van der Waals surface area contributed by atoms with Crippen LogP contribution in [-0.2, 0) is 13.0 Å². The van der Waals surface area contributed by atoms with Crippen LogP contribution >= 0.6 is 0 Å². The highest BCUT2D eigenvalue weighted by atomic mass is 16.5. The zero-order valence-electron chi connectivity index (χ0n) is 20.3. The lowest BCUT2D eigenvalue weighted by atomic mass is 9.93. The lowest BCUT2D eigenvalue weighted by molar-refractivity contribution is 0.262. The van der Waals surface area contributed by atoms with Gasteiger partial charge in [0.25, 0.3) is 0 Å². The predicted octanol–water partition coefficient (Wildman–Crippen LogP) is 6.03. The fourth-order valence-corrected chi connectivity index (χ4v) is 3.80. The molecule has 7 nitrogen and oxygen atoms in total. The number of para-hydroxylation sites is 1. The second-order valence-electron chi connectivity index (χ2n) is 8.63. The third kappa shape index (κ3) is 6.06. The number of carbonyl (C=O) groups excluding carboxylic acids is 1. The molecule has 0 aliphatic rings. The Morgan fingerprint density at radius 3 is 2.24 bits per heavy atom. The quantitative estimate of drug-likeness (QED) is 0.417. The number of rotatable bonds is 9. The summed E-state index contributed by atoms with van der Waals surface area (Å²) in [5.41, 5.74) is 4.90. The molecule has 0 aliphatic heterocycles. The molecule has 3 aromatic rings. The number of aryl methyl sites for hydroxylation is 2. The largest absolute Gasteiger partial charge is 0.493 e. The molecule has 7 heteroatoms. The maximum absolute atomic E-state index is 12.8. The monoisotopic (exact) mass is 450 g/mol. The van der Waals surface area contributed by atoms with Crippen LogP contribution in [0.4, 0.5) is 16.2 Å². The number of methoxy groups -OCH3 is 2. The highest BCUT2D eigenvalue weighted by Gasteiger charge is 2.16. The van der Waals surface area contributed by atoms with Crippen LogP contribution in [0.2, 0.25) is 0 Å². The lowest BCUT2D eigenvalue weighted by Gasteiger charge is -2.20. The number of anilines is 2. The van der Waals surface area contributed by atoms with Crippen molar-refractivity contribution < 1.29 is 14.3 Å². The van der Waals surface area contributed by atoms with E-state index < -0.39 is 0 Å². The van der Waals surface area contributed by atoms with Crippen molar-refractivity contribution in [3.63, 3.8) is 0 Å². The number of nitrogens with one attached hydrogen (secondary N) is 2. The number of nitrogens with zero attached hydrogens (tertiary/aromatic N) is 2. The predicted molar refractivity (Wildman–Crippen MR) is 133 cm³/mol. The lowest BCUT2D eigenvalue weighted by Crippen LogP contribution is -2.21. The highest BCUT2D eigenvalue weighted by Crippen LogP contribution is 2.32. The Labute approximate surface area is 196 Å². The van der Waals surface area contributed by atoms with E-state index in [0.29, 0.717) is 35.6 Å². The molecule has 0 spiro atoms. The van der Waals surface area contributed by atoms with Crippen molar-refractivity contribution >= 4 is 17.4 Å². The van der Waals surface area contributed by atoms with Crippen LogP contribution in [-0.4, -0.2) is 30.0 Å². The van der Waals surface area contributed by atoms with Gasteiger partial charge in [0, 0.05) is 18.4 Å². The second-order valence-corrected chi connectivity index (χ2v) is 8.63. The van der Waals surface area contributed by atoms with E-state index in [-0.39, 0.29) is 6.03 Å². The molecule has 0 radical (unpaired) electrons. The summed E-state index contributed by atoms with van der Waals surface area (Å²) >= 11 is 0. The fraction of sp³-hybridized carbons (Fsp3) is 0.385. The number of urea groups is 1. The van der Waals surface area contributed by atoms with E-state index in [1.54, 1.807) is 20.4 Å². The van der Waals surface area contributed by atoms with Crippen molar-refractivity contribution in [2.75, 3.05) is 24.9 Å². The summed E-state index contributed by atoms with van der Waals surface area (Å²) in [6.45, 7) is 9.19. The van der Waals surface area contributed by atoms with Gasteiger partial charge < -0.3 is 20.1 Å². The molecule has 33 heavy (non-hydrogen) atoms. The highest BCUT2D eigenvalue weighted by molar-refractivity contribution is 6.00. The minimum absolute atomic E-state index is 0.274. The zero-order valence-corrected chi connectivity index (χ0v) is 20.3. The Hall–Kier alpha value is -3.48. The van der Waals surface area contributed by atoms with Gasteiger partial charge in [-0.15, -0.1) is 0 Å². The van der Waals surface area contributed by atoms with Gasteiger partial charge in [0.15, 0.2) is 11.5 Å². The molecular weight excluding hydrogens is 416 g/mol. The van der Waals surface area contributed by atoms with Gasteiger partial charge >= 0.3 is 6.03 Å². The summed E-state index contributed by atoms with van der Waals surface area (Å²) in [6.07, 6.45) is 4.26. The van der Waals surface area contributed by atoms with Crippen molar-refractivity contribution in [3.05, 3.63) is 65.5 Å². The average Bonchev–Trinajstić information content (AvgIpc) is 3.24. The minimum atomic E-state index is -0.274. The van der Waals surface area contributed by atoms with E-state index in [1.807, 2.05) is 29.1 Å². The molecule has 0 saturated heterocycles. The van der Waals surface area contributed by atoms with Crippen molar-refractivity contribution in [1.82, 2.24) is 9.78 Å². The van der Waals surface area contributed by atoms with Crippen molar-refractivity contribution in [1.29, 1.82) is 0 Å². The first-order valence-electron chi connectivity index (χ1n) is 11.3. The van der Waals surface area contributed by atoms with Crippen LogP contribution in [0.5, 0.6) is 11.5 Å². The fourth-order valence-electron chi connectivity index (χ4n) is 3.80. The van der Waals surface area contributed by atoms with Gasteiger partial charge in [-0.3, -0.25) is 4.68 Å². The van der Waals surface area contributed by atoms with Gasteiger partial charge in [-0.1, -0.05) is 52.0 Å². The van der Waals surface area contributed by atoms with Crippen LogP contribution < -0.4 is 20.1 Å². The topological polar surface area (TPSA) is 77.4 Å². The Bertz CT molecular complexity index is 1060. The number of amides is 2.